The van der Waals surface area contributed by atoms with E-state index in [1.54, 1.807) is 6.33 Å². The van der Waals surface area contributed by atoms with Gasteiger partial charge in [0.1, 0.15) is 23.5 Å². The molecule has 1 aliphatic carbocycles. The molecule has 0 spiro atoms. The van der Waals surface area contributed by atoms with Crippen molar-refractivity contribution >= 4 is 22.8 Å². The summed E-state index contributed by atoms with van der Waals surface area (Å²) in [5.41, 5.74) is 3.18. The van der Waals surface area contributed by atoms with E-state index < -0.39 is 0 Å². The predicted octanol–water partition coefficient (Wildman–Crippen LogP) is 5.99. The molecule has 6 rings (SSSR count). The van der Waals surface area contributed by atoms with Gasteiger partial charge < -0.3 is 18.9 Å². The molecule has 1 aliphatic heterocycles. The number of hydrogen-bond acceptors (Lipinski definition) is 6. The van der Waals surface area contributed by atoms with Crippen molar-refractivity contribution in [2.24, 2.45) is 0 Å². The molecule has 2 fully saturated rings. The Morgan fingerprint density at radius 3 is 2.68 bits per heavy atom. The zero-order valence-electron chi connectivity index (χ0n) is 21.4. The second-order valence-corrected chi connectivity index (χ2v) is 10.9. The van der Waals surface area contributed by atoms with E-state index in [-0.39, 0.29) is 11.7 Å². The van der Waals surface area contributed by atoms with Gasteiger partial charge in [0.15, 0.2) is 11.2 Å². The van der Waals surface area contributed by atoms with Crippen molar-refractivity contribution in [3.63, 3.8) is 0 Å². The van der Waals surface area contributed by atoms with Crippen LogP contribution in [-0.2, 0) is 6.54 Å². The third kappa shape index (κ3) is 5.29. The highest BCUT2D eigenvalue weighted by molar-refractivity contribution is 6.33. The van der Waals surface area contributed by atoms with Crippen LogP contribution in [0.5, 0.6) is 11.6 Å². The van der Waals surface area contributed by atoms with Crippen LogP contribution in [0.4, 0.5) is 0 Å². The number of imidazole rings is 1. The number of nitrogens with zero attached hydrogens (tertiary/aromatic N) is 5. The summed E-state index contributed by atoms with van der Waals surface area (Å²) in [6.07, 6.45) is 7.00. The minimum atomic E-state index is -0.173. The number of halogens is 1. The summed E-state index contributed by atoms with van der Waals surface area (Å²) in [6.45, 7) is 4.87. The van der Waals surface area contributed by atoms with Gasteiger partial charge in [-0.2, -0.15) is 4.98 Å². The zero-order chi connectivity index (χ0) is 25.4. The molecule has 7 nitrogen and oxygen atoms in total. The number of rotatable bonds is 7. The van der Waals surface area contributed by atoms with Crippen LogP contribution in [0.3, 0.4) is 0 Å². The van der Waals surface area contributed by atoms with E-state index >= 15 is 0 Å². The van der Waals surface area contributed by atoms with Gasteiger partial charge in [-0.25, -0.2) is 9.97 Å². The molecule has 2 aromatic heterocycles. The maximum atomic E-state index is 6.89. The number of benzene rings is 2. The first kappa shape index (κ1) is 24.2. The van der Waals surface area contributed by atoms with Gasteiger partial charge in [0.2, 0.25) is 5.88 Å². The van der Waals surface area contributed by atoms with Crippen LogP contribution in [0, 0.1) is 0 Å². The summed E-state index contributed by atoms with van der Waals surface area (Å²) in [6, 6.07) is 16.2. The number of ether oxygens (including phenoxy) is 2. The van der Waals surface area contributed by atoms with E-state index in [0.717, 1.165) is 73.5 Å². The molecule has 3 heterocycles. The number of aromatic nitrogens is 4. The minimum absolute atomic E-state index is 0.173. The van der Waals surface area contributed by atoms with E-state index in [4.69, 9.17) is 26.1 Å². The summed E-state index contributed by atoms with van der Waals surface area (Å²) >= 11 is 6.89. The molecular formula is C29H32ClN5O2. The van der Waals surface area contributed by atoms with Gasteiger partial charge in [-0.3, -0.25) is 0 Å². The van der Waals surface area contributed by atoms with Gasteiger partial charge in [-0.1, -0.05) is 41.9 Å². The second-order valence-electron chi connectivity index (χ2n) is 10.5. The zero-order valence-corrected chi connectivity index (χ0v) is 22.1. The van der Waals surface area contributed by atoms with Crippen LogP contribution in [-0.4, -0.2) is 56.3 Å². The number of fused-ring (bicyclic) bond motifs is 1. The average molecular weight is 518 g/mol. The quantitative estimate of drug-likeness (QED) is 0.300. The van der Waals surface area contributed by atoms with Crippen LogP contribution >= 0.6 is 11.6 Å². The first-order valence-corrected chi connectivity index (χ1v) is 13.4. The van der Waals surface area contributed by atoms with Crippen LogP contribution in [0.1, 0.15) is 44.6 Å². The van der Waals surface area contributed by atoms with E-state index in [9.17, 15) is 0 Å². The van der Waals surface area contributed by atoms with Gasteiger partial charge in [-0.05, 0) is 76.4 Å². The third-order valence-electron chi connectivity index (χ3n) is 7.36. The monoisotopic (exact) mass is 517 g/mol. The molecule has 2 aromatic carbocycles. The summed E-state index contributed by atoms with van der Waals surface area (Å²) in [5, 5.41) is 0.595. The Morgan fingerprint density at radius 1 is 1.05 bits per heavy atom. The Balaban J connectivity index is 1.37. The van der Waals surface area contributed by atoms with Crippen LogP contribution in [0.15, 0.2) is 54.9 Å². The third-order valence-corrected chi connectivity index (χ3v) is 7.67. The molecule has 0 radical (unpaired) electrons. The normalized spacial score (nSPS) is 19.5. The first-order valence-electron chi connectivity index (χ1n) is 13.1. The van der Waals surface area contributed by atoms with E-state index in [1.807, 2.05) is 36.4 Å². The molecule has 0 bridgehead atoms. The Labute approximate surface area is 222 Å². The fourth-order valence-electron chi connectivity index (χ4n) is 4.89. The Bertz CT molecular complexity index is 1400. The van der Waals surface area contributed by atoms with E-state index in [2.05, 4.69) is 45.5 Å². The Morgan fingerprint density at radius 2 is 1.89 bits per heavy atom. The Kier molecular flexibility index (Phi) is 6.51. The molecule has 1 saturated carbocycles. The van der Waals surface area contributed by atoms with Gasteiger partial charge in [-0.15, -0.1) is 0 Å². The van der Waals surface area contributed by atoms with Crippen molar-refractivity contribution in [1.29, 1.82) is 0 Å². The van der Waals surface area contributed by atoms with Gasteiger partial charge in [0.25, 0.3) is 0 Å². The number of hydrogen-bond donors (Lipinski definition) is 0. The van der Waals surface area contributed by atoms with Crippen LogP contribution in [0.25, 0.3) is 22.6 Å². The molecule has 2 aliphatic rings. The topological polar surface area (TPSA) is 65.3 Å². The Hall–Kier alpha value is -3.16. The van der Waals surface area contributed by atoms with Crippen molar-refractivity contribution in [2.45, 2.75) is 57.3 Å². The lowest BCUT2D eigenvalue weighted by Gasteiger charge is -2.18. The van der Waals surface area contributed by atoms with Crippen molar-refractivity contribution in [2.75, 3.05) is 20.1 Å². The molecule has 1 atom stereocenters. The lowest BCUT2D eigenvalue weighted by molar-refractivity contribution is 0.183. The lowest BCUT2D eigenvalue weighted by Crippen LogP contribution is -2.21. The highest BCUT2D eigenvalue weighted by Crippen LogP contribution is 2.41. The highest BCUT2D eigenvalue weighted by Gasteiger charge is 2.41. The summed E-state index contributed by atoms with van der Waals surface area (Å²) in [7, 11) is 2.17. The largest absolute Gasteiger partial charge is 0.490 e. The molecule has 1 unspecified atom stereocenters. The molecule has 0 N–H and O–H groups in total. The van der Waals surface area contributed by atoms with Crippen molar-refractivity contribution in [1.82, 2.24) is 24.4 Å². The smallest absolute Gasteiger partial charge is 0.245 e. The van der Waals surface area contributed by atoms with Crippen LogP contribution < -0.4 is 9.47 Å². The molecule has 1 saturated heterocycles. The standard InChI is InChI=1S/C29H32ClN5O2/c1-29(13-14-29)37-28-25-27(31-19-32-28)35(18-20-7-4-3-5-8-20)26(33-25)23-11-10-22(17-24(23)30)36-21-9-6-15-34(2)16-12-21/h3-5,7-8,10-11,17,19,21H,6,9,12-16,18H2,1-2H3. The van der Waals surface area contributed by atoms with Crippen molar-refractivity contribution < 1.29 is 9.47 Å². The van der Waals surface area contributed by atoms with Crippen LogP contribution in [0.2, 0.25) is 5.02 Å². The second kappa shape index (κ2) is 9.95. The summed E-state index contributed by atoms with van der Waals surface area (Å²) in [5.74, 6) is 2.05. The maximum Gasteiger partial charge on any atom is 0.245 e. The maximum absolute atomic E-state index is 6.89. The van der Waals surface area contributed by atoms with Crippen molar-refractivity contribution in [3.8, 4) is 23.0 Å². The molecule has 4 aromatic rings. The predicted molar refractivity (Wildman–Crippen MR) is 145 cm³/mol. The molecular weight excluding hydrogens is 486 g/mol. The fourth-order valence-corrected chi connectivity index (χ4v) is 5.15. The van der Waals surface area contributed by atoms with E-state index in [0.29, 0.717) is 23.0 Å². The minimum Gasteiger partial charge on any atom is -0.490 e. The molecule has 8 heteroatoms. The molecule has 37 heavy (non-hydrogen) atoms. The van der Waals surface area contributed by atoms with Gasteiger partial charge in [0, 0.05) is 12.1 Å². The van der Waals surface area contributed by atoms with Gasteiger partial charge >= 0.3 is 0 Å². The number of likely N-dealkylation sites (tertiary alicyclic amines) is 1. The van der Waals surface area contributed by atoms with E-state index in [1.165, 1.54) is 0 Å². The molecule has 0 amide bonds. The van der Waals surface area contributed by atoms with Crippen molar-refractivity contribution in [3.05, 3.63) is 65.4 Å². The highest BCUT2D eigenvalue weighted by atomic mass is 35.5. The summed E-state index contributed by atoms with van der Waals surface area (Å²) in [4.78, 5) is 16.4. The molecule has 192 valence electrons. The average Bonchev–Trinajstić information content (AvgIpc) is 3.56. The lowest BCUT2D eigenvalue weighted by atomic mass is 10.1. The summed E-state index contributed by atoms with van der Waals surface area (Å²) < 4.78 is 14.7. The first-order chi connectivity index (χ1) is 18.0. The SMILES string of the molecule is CN1CCCC(Oc2ccc(-c3nc4c(OC5(C)CC5)ncnc4n3Cc3ccccc3)c(Cl)c2)CC1. The fraction of sp³-hybridized carbons (Fsp3) is 0.414. The van der Waals surface area contributed by atoms with Gasteiger partial charge in [0.05, 0.1) is 17.7 Å².